The molecule has 0 fully saturated rings. The highest BCUT2D eigenvalue weighted by Crippen LogP contribution is 2.28. The molecule has 0 aliphatic rings. The summed E-state index contributed by atoms with van der Waals surface area (Å²) in [5.74, 6) is -0.219. The number of nitrogens with one attached hydrogen (secondary N) is 1. The van der Waals surface area contributed by atoms with Crippen molar-refractivity contribution in [3.05, 3.63) is 72.5 Å². The van der Waals surface area contributed by atoms with Crippen LogP contribution in [0.5, 0.6) is 0 Å². The zero-order valence-corrected chi connectivity index (χ0v) is 15.7. The van der Waals surface area contributed by atoms with Crippen molar-refractivity contribution in [3.8, 4) is 11.5 Å². The molecule has 0 aliphatic carbocycles. The Morgan fingerprint density at radius 2 is 1.79 bits per heavy atom. The molecule has 1 atom stereocenters. The highest BCUT2D eigenvalue weighted by atomic mass is 32.2. The van der Waals surface area contributed by atoms with Crippen molar-refractivity contribution in [2.24, 2.45) is 0 Å². The third kappa shape index (κ3) is 3.89. The second-order valence-electron chi connectivity index (χ2n) is 6.16. The Bertz CT molecular complexity index is 1120. The Kier molecular flexibility index (Phi) is 5.08. The van der Waals surface area contributed by atoms with Gasteiger partial charge < -0.3 is 9.73 Å². The van der Waals surface area contributed by atoms with Crippen LogP contribution < -0.4 is 5.32 Å². The summed E-state index contributed by atoms with van der Waals surface area (Å²) in [6.07, 6.45) is 0. The van der Waals surface area contributed by atoms with Crippen molar-refractivity contribution in [1.82, 2.24) is 10.2 Å². The average Bonchev–Trinajstić information content (AvgIpc) is 3.17. The predicted octanol–water partition coefficient (Wildman–Crippen LogP) is 5.15. The van der Waals surface area contributed by atoms with Crippen LogP contribution in [-0.2, 0) is 4.79 Å². The van der Waals surface area contributed by atoms with Crippen LogP contribution in [0.15, 0.2) is 76.4 Å². The number of carbonyl (C=O) groups excluding carboxylic acids is 1. The van der Waals surface area contributed by atoms with Gasteiger partial charge in [-0.25, -0.2) is 4.39 Å². The summed E-state index contributed by atoms with van der Waals surface area (Å²) in [4.78, 5) is 12.6. The van der Waals surface area contributed by atoms with E-state index in [4.69, 9.17) is 4.42 Å². The summed E-state index contributed by atoms with van der Waals surface area (Å²) in [5.41, 5.74) is 1.38. The largest absolute Gasteiger partial charge is 0.411 e. The van der Waals surface area contributed by atoms with Crippen LogP contribution in [0, 0.1) is 5.82 Å². The van der Waals surface area contributed by atoms with Gasteiger partial charge in [0.15, 0.2) is 0 Å². The number of rotatable bonds is 5. The molecule has 0 radical (unpaired) electrons. The van der Waals surface area contributed by atoms with Crippen LogP contribution in [0.4, 0.5) is 10.1 Å². The summed E-state index contributed by atoms with van der Waals surface area (Å²) in [5, 5.41) is 12.8. The standard InChI is InChI=1S/C21H16FN3O2S/c1-13(19(26)23-18-8-4-6-14-5-2-3-7-17(14)18)28-21-25-24-20(27-21)15-9-11-16(22)12-10-15/h2-13H,1H3,(H,23,26). The zero-order chi connectivity index (χ0) is 19.5. The van der Waals surface area contributed by atoms with Crippen molar-refractivity contribution in [3.63, 3.8) is 0 Å². The fraction of sp³-hybridized carbons (Fsp3) is 0.0952. The van der Waals surface area contributed by atoms with Crippen molar-refractivity contribution in [1.29, 1.82) is 0 Å². The first-order valence-electron chi connectivity index (χ1n) is 8.65. The van der Waals surface area contributed by atoms with Crippen molar-refractivity contribution >= 4 is 34.1 Å². The van der Waals surface area contributed by atoms with Gasteiger partial charge in [-0.2, -0.15) is 0 Å². The first kappa shape index (κ1) is 18.2. The number of halogens is 1. The number of thioether (sulfide) groups is 1. The van der Waals surface area contributed by atoms with E-state index in [-0.39, 0.29) is 22.8 Å². The molecule has 1 amide bonds. The van der Waals surface area contributed by atoms with Gasteiger partial charge >= 0.3 is 0 Å². The van der Waals surface area contributed by atoms with Gasteiger partial charge in [0, 0.05) is 16.6 Å². The molecule has 3 aromatic carbocycles. The molecule has 1 aromatic heterocycles. The molecule has 4 aromatic rings. The molecule has 1 N–H and O–H groups in total. The van der Waals surface area contributed by atoms with E-state index in [0.717, 1.165) is 16.5 Å². The lowest BCUT2D eigenvalue weighted by molar-refractivity contribution is -0.115. The zero-order valence-electron chi connectivity index (χ0n) is 14.9. The number of anilines is 1. The fourth-order valence-electron chi connectivity index (χ4n) is 2.74. The highest BCUT2D eigenvalue weighted by Gasteiger charge is 2.19. The Balaban J connectivity index is 1.45. The minimum Gasteiger partial charge on any atom is -0.411 e. The Labute approximate surface area is 165 Å². The van der Waals surface area contributed by atoms with Crippen LogP contribution in [0.1, 0.15) is 6.92 Å². The van der Waals surface area contributed by atoms with Crippen LogP contribution in [-0.4, -0.2) is 21.4 Å². The SMILES string of the molecule is CC(Sc1nnc(-c2ccc(F)cc2)o1)C(=O)Nc1cccc2ccccc12. The van der Waals surface area contributed by atoms with E-state index in [1.54, 1.807) is 19.1 Å². The molecule has 0 saturated carbocycles. The van der Waals surface area contributed by atoms with Crippen molar-refractivity contribution < 1.29 is 13.6 Å². The van der Waals surface area contributed by atoms with Gasteiger partial charge in [-0.15, -0.1) is 10.2 Å². The van der Waals surface area contributed by atoms with E-state index in [1.165, 1.54) is 23.9 Å². The van der Waals surface area contributed by atoms with E-state index < -0.39 is 5.25 Å². The lowest BCUT2D eigenvalue weighted by atomic mass is 10.1. The smallest absolute Gasteiger partial charge is 0.277 e. The van der Waals surface area contributed by atoms with Gasteiger partial charge in [0.2, 0.25) is 11.8 Å². The average molecular weight is 393 g/mol. The number of carbonyl (C=O) groups is 1. The van der Waals surface area contributed by atoms with Gasteiger partial charge in [-0.1, -0.05) is 48.2 Å². The first-order valence-corrected chi connectivity index (χ1v) is 9.53. The summed E-state index contributed by atoms with van der Waals surface area (Å²) >= 11 is 1.17. The normalized spacial score (nSPS) is 12.1. The van der Waals surface area contributed by atoms with Gasteiger partial charge in [-0.3, -0.25) is 4.79 Å². The van der Waals surface area contributed by atoms with E-state index in [1.807, 2.05) is 42.5 Å². The van der Waals surface area contributed by atoms with Crippen molar-refractivity contribution in [2.45, 2.75) is 17.4 Å². The van der Waals surface area contributed by atoms with Gasteiger partial charge in [0.1, 0.15) is 5.82 Å². The lowest BCUT2D eigenvalue weighted by Gasteiger charge is -2.12. The van der Waals surface area contributed by atoms with E-state index >= 15 is 0 Å². The molecule has 0 aliphatic heterocycles. The maximum absolute atomic E-state index is 13.0. The Morgan fingerprint density at radius 1 is 1.04 bits per heavy atom. The molecule has 0 bridgehead atoms. The van der Waals surface area contributed by atoms with E-state index in [2.05, 4.69) is 15.5 Å². The molecule has 0 spiro atoms. The number of hydrogen-bond acceptors (Lipinski definition) is 5. The Hall–Kier alpha value is -3.19. The predicted molar refractivity (Wildman–Crippen MR) is 108 cm³/mol. The number of nitrogens with zero attached hydrogens (tertiary/aromatic N) is 2. The number of aromatic nitrogens is 2. The van der Waals surface area contributed by atoms with Crippen LogP contribution in [0.3, 0.4) is 0 Å². The maximum atomic E-state index is 13.0. The molecule has 7 heteroatoms. The summed E-state index contributed by atoms with van der Waals surface area (Å²) < 4.78 is 18.6. The molecule has 5 nitrogen and oxygen atoms in total. The second kappa shape index (κ2) is 7.82. The topological polar surface area (TPSA) is 68.0 Å². The quantitative estimate of drug-likeness (QED) is 0.475. The maximum Gasteiger partial charge on any atom is 0.277 e. The van der Waals surface area contributed by atoms with Crippen molar-refractivity contribution in [2.75, 3.05) is 5.32 Å². The van der Waals surface area contributed by atoms with E-state index in [0.29, 0.717) is 5.56 Å². The summed E-state index contributed by atoms with van der Waals surface area (Å²) in [7, 11) is 0. The number of benzene rings is 3. The molecule has 1 heterocycles. The molecule has 0 saturated heterocycles. The van der Waals surface area contributed by atoms with Crippen LogP contribution >= 0.6 is 11.8 Å². The minimum absolute atomic E-state index is 0.164. The fourth-order valence-corrected chi connectivity index (χ4v) is 3.42. The molecule has 140 valence electrons. The summed E-state index contributed by atoms with van der Waals surface area (Å²) in [6.45, 7) is 1.77. The molecular formula is C21H16FN3O2S. The minimum atomic E-state index is -0.444. The Morgan fingerprint density at radius 3 is 2.61 bits per heavy atom. The third-order valence-electron chi connectivity index (χ3n) is 4.19. The van der Waals surface area contributed by atoms with Crippen LogP contribution in [0.2, 0.25) is 0 Å². The second-order valence-corrected chi connectivity index (χ2v) is 7.45. The first-order chi connectivity index (χ1) is 13.6. The monoisotopic (exact) mass is 393 g/mol. The number of hydrogen-bond donors (Lipinski definition) is 1. The molecule has 4 rings (SSSR count). The van der Waals surface area contributed by atoms with Gasteiger partial charge in [0.05, 0.1) is 5.25 Å². The summed E-state index contributed by atoms with van der Waals surface area (Å²) in [6, 6.07) is 19.4. The molecule has 1 unspecified atom stereocenters. The molecule has 28 heavy (non-hydrogen) atoms. The lowest BCUT2D eigenvalue weighted by Crippen LogP contribution is -2.22. The number of fused-ring (bicyclic) bond motifs is 1. The van der Waals surface area contributed by atoms with E-state index in [9.17, 15) is 9.18 Å². The highest BCUT2D eigenvalue weighted by molar-refractivity contribution is 8.00. The molecular weight excluding hydrogens is 377 g/mol. The number of amides is 1. The van der Waals surface area contributed by atoms with Gasteiger partial charge in [0.25, 0.3) is 5.22 Å². The van der Waals surface area contributed by atoms with Crippen LogP contribution in [0.25, 0.3) is 22.2 Å². The third-order valence-corrected chi connectivity index (χ3v) is 5.13. The van der Waals surface area contributed by atoms with Gasteiger partial charge in [-0.05, 0) is 42.6 Å².